The maximum absolute atomic E-state index is 9.54. The maximum Gasteiger partial charge on any atom is 0.0762 e. The van der Waals surface area contributed by atoms with E-state index in [-0.39, 0.29) is 6.61 Å². The molecule has 5 heteroatoms. The molecule has 1 atom stereocenters. The third kappa shape index (κ3) is 3.60. The van der Waals surface area contributed by atoms with Crippen LogP contribution in [0.1, 0.15) is 18.6 Å². The van der Waals surface area contributed by atoms with Gasteiger partial charge in [-0.2, -0.15) is 0 Å². The average Bonchev–Trinajstić information content (AvgIpc) is 2.40. The van der Waals surface area contributed by atoms with Gasteiger partial charge in [-0.15, -0.1) is 0 Å². The van der Waals surface area contributed by atoms with Crippen molar-refractivity contribution < 1.29 is 10.2 Å². The Kier molecular flexibility index (Phi) is 5.05. The molecule has 2 rings (SSSR count). The minimum Gasteiger partial charge on any atom is -0.395 e. The fourth-order valence-corrected chi connectivity index (χ4v) is 2.70. The monoisotopic (exact) mass is 284 g/mol. The summed E-state index contributed by atoms with van der Waals surface area (Å²) in [6, 6.07) is 5.74. The molecule has 0 spiro atoms. The van der Waals surface area contributed by atoms with Crippen LogP contribution in [0.3, 0.4) is 0 Å². The zero-order valence-corrected chi connectivity index (χ0v) is 12.0. The van der Waals surface area contributed by atoms with Gasteiger partial charge in [-0.25, -0.2) is 0 Å². The van der Waals surface area contributed by atoms with E-state index in [0.717, 1.165) is 44.0 Å². The van der Waals surface area contributed by atoms with Gasteiger partial charge in [0, 0.05) is 32.7 Å². The summed E-state index contributed by atoms with van der Waals surface area (Å²) in [5.74, 6) is 0. The molecule has 4 nitrogen and oxygen atoms in total. The van der Waals surface area contributed by atoms with Gasteiger partial charge in [0.1, 0.15) is 0 Å². The van der Waals surface area contributed by atoms with Crippen molar-refractivity contribution in [1.82, 2.24) is 4.90 Å². The Morgan fingerprint density at radius 2 is 1.95 bits per heavy atom. The van der Waals surface area contributed by atoms with E-state index >= 15 is 0 Å². The molecule has 0 amide bonds. The molecule has 1 saturated heterocycles. The second-order valence-corrected chi connectivity index (χ2v) is 5.35. The van der Waals surface area contributed by atoms with E-state index < -0.39 is 6.10 Å². The maximum atomic E-state index is 9.54. The lowest BCUT2D eigenvalue weighted by molar-refractivity contribution is 0.189. The van der Waals surface area contributed by atoms with Crippen LogP contribution >= 0.6 is 11.6 Å². The molecule has 0 aliphatic carbocycles. The lowest BCUT2D eigenvalue weighted by Crippen LogP contribution is -2.47. The summed E-state index contributed by atoms with van der Waals surface area (Å²) in [4.78, 5) is 4.50. The van der Waals surface area contributed by atoms with Crippen LogP contribution in [-0.2, 0) is 0 Å². The van der Waals surface area contributed by atoms with Crippen molar-refractivity contribution in [3.63, 3.8) is 0 Å². The number of β-amino-alcohol motifs (C(OH)–C–C–N with tert-alkyl or cyclic N) is 1. The predicted molar refractivity (Wildman–Crippen MR) is 77.8 cm³/mol. The van der Waals surface area contributed by atoms with Crippen LogP contribution in [0.4, 0.5) is 5.69 Å². The van der Waals surface area contributed by atoms with Crippen molar-refractivity contribution in [3.05, 3.63) is 28.8 Å². The van der Waals surface area contributed by atoms with E-state index in [1.54, 1.807) is 6.92 Å². The van der Waals surface area contributed by atoms with Crippen molar-refractivity contribution in [1.29, 1.82) is 0 Å². The standard InChI is InChI=1S/C14H21ClN2O2/c1-11(19)12-2-3-14(13(15)10-12)17-6-4-16(5-7-17)8-9-18/h2-3,10-11,18-19H,4-9H2,1H3/t11-/m0/s1. The number of halogens is 1. The minimum atomic E-state index is -0.493. The summed E-state index contributed by atoms with van der Waals surface area (Å²) >= 11 is 6.30. The minimum absolute atomic E-state index is 0.212. The van der Waals surface area contributed by atoms with Crippen molar-refractivity contribution >= 4 is 17.3 Å². The Morgan fingerprint density at radius 3 is 2.47 bits per heavy atom. The highest BCUT2D eigenvalue weighted by Gasteiger charge is 2.18. The normalized spacial score (nSPS) is 18.6. The Labute approximate surface area is 119 Å². The summed E-state index contributed by atoms with van der Waals surface area (Å²) in [7, 11) is 0. The molecule has 19 heavy (non-hydrogen) atoms. The third-order valence-electron chi connectivity index (χ3n) is 3.58. The van der Waals surface area contributed by atoms with Gasteiger partial charge in [-0.05, 0) is 24.6 Å². The Morgan fingerprint density at radius 1 is 1.26 bits per heavy atom. The number of benzene rings is 1. The molecular weight excluding hydrogens is 264 g/mol. The van der Waals surface area contributed by atoms with E-state index in [2.05, 4.69) is 9.80 Å². The smallest absolute Gasteiger partial charge is 0.0762 e. The number of aliphatic hydroxyl groups excluding tert-OH is 2. The van der Waals surface area contributed by atoms with Crippen LogP contribution in [0.5, 0.6) is 0 Å². The van der Waals surface area contributed by atoms with Gasteiger partial charge < -0.3 is 15.1 Å². The first-order valence-electron chi connectivity index (χ1n) is 6.67. The van der Waals surface area contributed by atoms with E-state index in [1.165, 1.54) is 0 Å². The van der Waals surface area contributed by atoms with Crippen molar-refractivity contribution in [3.8, 4) is 0 Å². The predicted octanol–water partition coefficient (Wildman–Crippen LogP) is 1.51. The summed E-state index contributed by atoms with van der Waals surface area (Å²) < 4.78 is 0. The molecule has 106 valence electrons. The van der Waals surface area contributed by atoms with Crippen molar-refractivity contribution in [2.45, 2.75) is 13.0 Å². The Bertz CT molecular complexity index is 418. The molecule has 0 unspecified atom stereocenters. The van der Waals surface area contributed by atoms with Gasteiger partial charge in [-0.1, -0.05) is 17.7 Å². The molecular formula is C14H21ClN2O2. The SMILES string of the molecule is C[C@H](O)c1ccc(N2CCN(CCO)CC2)c(Cl)c1. The van der Waals surface area contributed by atoms with Crippen LogP contribution in [0, 0.1) is 0 Å². The van der Waals surface area contributed by atoms with Crippen LogP contribution in [0.2, 0.25) is 5.02 Å². The number of piperazine rings is 1. The second-order valence-electron chi connectivity index (χ2n) is 4.94. The summed E-state index contributed by atoms with van der Waals surface area (Å²) in [5, 5.41) is 19.2. The molecule has 0 saturated carbocycles. The first-order valence-corrected chi connectivity index (χ1v) is 7.05. The molecule has 2 N–H and O–H groups in total. The topological polar surface area (TPSA) is 46.9 Å². The number of aliphatic hydroxyl groups is 2. The fourth-order valence-electron chi connectivity index (χ4n) is 2.39. The lowest BCUT2D eigenvalue weighted by Gasteiger charge is -2.36. The van der Waals surface area contributed by atoms with Crippen LogP contribution < -0.4 is 4.90 Å². The highest BCUT2D eigenvalue weighted by molar-refractivity contribution is 6.33. The molecule has 1 aromatic rings. The first kappa shape index (κ1) is 14.6. The van der Waals surface area contributed by atoms with Gasteiger partial charge in [0.25, 0.3) is 0 Å². The van der Waals surface area contributed by atoms with Crippen molar-refractivity contribution in [2.75, 3.05) is 44.2 Å². The molecule has 1 aromatic carbocycles. The highest BCUT2D eigenvalue weighted by atomic mass is 35.5. The third-order valence-corrected chi connectivity index (χ3v) is 3.89. The van der Waals surface area contributed by atoms with Crippen molar-refractivity contribution in [2.24, 2.45) is 0 Å². The van der Waals surface area contributed by atoms with Gasteiger partial charge >= 0.3 is 0 Å². The molecule has 1 heterocycles. The molecule has 0 bridgehead atoms. The second kappa shape index (κ2) is 6.57. The van der Waals surface area contributed by atoms with Crippen LogP contribution in [0.25, 0.3) is 0 Å². The molecule has 1 aliphatic heterocycles. The van der Waals surface area contributed by atoms with Crippen LogP contribution in [-0.4, -0.2) is 54.4 Å². The molecule has 1 aliphatic rings. The molecule has 0 aromatic heterocycles. The fraction of sp³-hybridized carbons (Fsp3) is 0.571. The van der Waals surface area contributed by atoms with E-state index in [4.69, 9.17) is 16.7 Å². The number of hydrogen-bond acceptors (Lipinski definition) is 4. The number of nitrogens with zero attached hydrogens (tertiary/aromatic N) is 2. The summed E-state index contributed by atoms with van der Waals surface area (Å²) in [6.07, 6.45) is -0.493. The molecule has 0 radical (unpaired) electrons. The summed E-state index contributed by atoms with van der Waals surface area (Å²) in [6.45, 7) is 6.39. The van der Waals surface area contributed by atoms with E-state index in [0.29, 0.717) is 5.02 Å². The summed E-state index contributed by atoms with van der Waals surface area (Å²) in [5.41, 5.74) is 1.86. The lowest BCUT2D eigenvalue weighted by atomic mass is 10.1. The van der Waals surface area contributed by atoms with Gasteiger partial charge in [0.15, 0.2) is 0 Å². The largest absolute Gasteiger partial charge is 0.395 e. The quantitative estimate of drug-likeness (QED) is 0.880. The average molecular weight is 285 g/mol. The zero-order valence-electron chi connectivity index (χ0n) is 11.2. The van der Waals surface area contributed by atoms with Crippen LogP contribution in [0.15, 0.2) is 18.2 Å². The first-order chi connectivity index (χ1) is 9.11. The van der Waals surface area contributed by atoms with Gasteiger partial charge in [0.2, 0.25) is 0 Å². The molecule has 1 fully saturated rings. The van der Waals surface area contributed by atoms with E-state index in [1.807, 2.05) is 18.2 Å². The number of hydrogen-bond donors (Lipinski definition) is 2. The Hall–Kier alpha value is -0.810. The number of anilines is 1. The van der Waals surface area contributed by atoms with Gasteiger partial charge in [-0.3, -0.25) is 4.90 Å². The highest BCUT2D eigenvalue weighted by Crippen LogP contribution is 2.29. The number of rotatable bonds is 4. The van der Waals surface area contributed by atoms with Gasteiger partial charge in [0.05, 0.1) is 23.4 Å². The van der Waals surface area contributed by atoms with E-state index in [9.17, 15) is 5.11 Å². The Balaban J connectivity index is 2.03. The zero-order chi connectivity index (χ0) is 13.8.